The van der Waals surface area contributed by atoms with E-state index in [0.29, 0.717) is 15.7 Å². The molecule has 0 radical (unpaired) electrons. The van der Waals surface area contributed by atoms with Crippen LogP contribution in [0.1, 0.15) is 0 Å². The van der Waals surface area contributed by atoms with Gasteiger partial charge in [-0.15, -0.1) is 5.11 Å². The van der Waals surface area contributed by atoms with Gasteiger partial charge in [-0.2, -0.15) is 5.11 Å². The number of azo groups is 1. The third kappa shape index (κ3) is 2.81. The van der Waals surface area contributed by atoms with Crippen LogP contribution >= 0.6 is 23.2 Å². The fraction of sp³-hybridized carbons (Fsp3) is 0. The lowest BCUT2D eigenvalue weighted by Crippen LogP contribution is -1.68. The predicted octanol–water partition coefficient (Wildman–Crippen LogP) is 5.41. The van der Waals surface area contributed by atoms with Gasteiger partial charge in [0.25, 0.3) is 0 Å². The van der Waals surface area contributed by atoms with Crippen molar-refractivity contribution in [3.8, 4) is 0 Å². The highest BCUT2D eigenvalue weighted by Crippen LogP contribution is 2.29. The van der Waals surface area contributed by atoms with Crippen LogP contribution in [-0.4, -0.2) is 0 Å². The zero-order valence-electron chi connectivity index (χ0n) is 8.27. The lowest BCUT2D eigenvalue weighted by atomic mass is 10.3. The molecule has 2 aromatic rings. The maximum absolute atomic E-state index is 5.96. The molecule has 0 unspecified atom stereocenters. The Morgan fingerprint density at radius 3 is 2.25 bits per heavy atom. The molecule has 80 valence electrons. The minimum atomic E-state index is 0.493. The average molecular weight is 251 g/mol. The average Bonchev–Trinajstić information content (AvgIpc) is 2.29. The number of benzene rings is 2. The van der Waals surface area contributed by atoms with E-state index >= 15 is 0 Å². The Morgan fingerprint density at radius 2 is 1.56 bits per heavy atom. The van der Waals surface area contributed by atoms with Crippen LogP contribution in [-0.2, 0) is 0 Å². The number of hydrogen-bond donors (Lipinski definition) is 0. The molecule has 2 aromatic carbocycles. The molecule has 2 nitrogen and oxygen atoms in total. The van der Waals surface area contributed by atoms with Crippen molar-refractivity contribution >= 4 is 34.6 Å². The molecule has 0 heterocycles. The minimum absolute atomic E-state index is 0.493. The summed E-state index contributed by atoms with van der Waals surface area (Å²) in [5, 5.41) is 9.20. The summed E-state index contributed by atoms with van der Waals surface area (Å²) in [6, 6.07) is 14.6. The summed E-state index contributed by atoms with van der Waals surface area (Å²) in [4.78, 5) is 0. The van der Waals surface area contributed by atoms with Gasteiger partial charge in [0.1, 0.15) is 5.69 Å². The normalized spacial score (nSPS) is 10.9. The maximum atomic E-state index is 5.96. The summed E-state index contributed by atoms with van der Waals surface area (Å²) in [7, 11) is 0. The van der Waals surface area contributed by atoms with E-state index in [1.807, 2.05) is 30.3 Å². The smallest absolute Gasteiger partial charge is 0.104 e. The molecule has 0 saturated carbocycles. The van der Waals surface area contributed by atoms with Crippen LogP contribution in [0.3, 0.4) is 0 Å². The topological polar surface area (TPSA) is 24.7 Å². The summed E-state index contributed by atoms with van der Waals surface area (Å²) in [5.74, 6) is 0. The van der Waals surface area contributed by atoms with Gasteiger partial charge in [0.05, 0.1) is 10.7 Å². The van der Waals surface area contributed by atoms with Crippen molar-refractivity contribution in [2.45, 2.75) is 0 Å². The van der Waals surface area contributed by atoms with E-state index in [2.05, 4.69) is 10.2 Å². The van der Waals surface area contributed by atoms with E-state index in [9.17, 15) is 0 Å². The van der Waals surface area contributed by atoms with Gasteiger partial charge < -0.3 is 0 Å². The molecule has 0 spiro atoms. The number of rotatable bonds is 2. The second-order valence-corrected chi connectivity index (χ2v) is 3.97. The minimum Gasteiger partial charge on any atom is -0.151 e. The van der Waals surface area contributed by atoms with Gasteiger partial charge in [-0.05, 0) is 30.3 Å². The molecular weight excluding hydrogens is 243 g/mol. The van der Waals surface area contributed by atoms with Crippen molar-refractivity contribution in [3.63, 3.8) is 0 Å². The summed E-state index contributed by atoms with van der Waals surface area (Å²) < 4.78 is 0. The van der Waals surface area contributed by atoms with Gasteiger partial charge in [-0.3, -0.25) is 0 Å². The SMILES string of the molecule is Clc1ccc(/N=N/c2ccccc2)c(Cl)c1. The zero-order chi connectivity index (χ0) is 11.4. The second-order valence-electron chi connectivity index (χ2n) is 3.13. The van der Waals surface area contributed by atoms with Crippen LogP contribution < -0.4 is 0 Å². The van der Waals surface area contributed by atoms with Gasteiger partial charge in [0.2, 0.25) is 0 Å². The molecule has 16 heavy (non-hydrogen) atoms. The fourth-order valence-corrected chi connectivity index (χ4v) is 1.61. The van der Waals surface area contributed by atoms with Crippen LogP contribution in [0.2, 0.25) is 10.0 Å². The Hall–Kier alpha value is -1.38. The highest BCUT2D eigenvalue weighted by molar-refractivity contribution is 6.36. The quantitative estimate of drug-likeness (QED) is 0.637. The Kier molecular flexibility index (Phi) is 3.54. The number of nitrogens with zero attached hydrogens (tertiary/aromatic N) is 2. The monoisotopic (exact) mass is 250 g/mol. The molecule has 0 bridgehead atoms. The predicted molar refractivity (Wildman–Crippen MR) is 67.1 cm³/mol. The Labute approximate surface area is 104 Å². The first-order valence-electron chi connectivity index (χ1n) is 4.67. The molecule has 0 amide bonds. The van der Waals surface area contributed by atoms with Crippen LogP contribution in [0.4, 0.5) is 11.4 Å². The lowest BCUT2D eigenvalue weighted by molar-refractivity contribution is 1.23. The number of halogens is 2. The first-order valence-corrected chi connectivity index (χ1v) is 5.43. The summed E-state index contributed by atoms with van der Waals surface area (Å²) in [5.41, 5.74) is 1.39. The Morgan fingerprint density at radius 1 is 0.812 bits per heavy atom. The third-order valence-corrected chi connectivity index (χ3v) is 2.48. The van der Waals surface area contributed by atoms with E-state index < -0.39 is 0 Å². The van der Waals surface area contributed by atoms with Crippen molar-refractivity contribution in [2.24, 2.45) is 10.2 Å². The van der Waals surface area contributed by atoms with Gasteiger partial charge in [0.15, 0.2) is 0 Å². The van der Waals surface area contributed by atoms with E-state index in [1.165, 1.54) is 0 Å². The second kappa shape index (κ2) is 5.10. The van der Waals surface area contributed by atoms with Crippen LogP contribution in [0.25, 0.3) is 0 Å². The highest BCUT2D eigenvalue weighted by atomic mass is 35.5. The summed E-state index contributed by atoms with van der Waals surface area (Å²) >= 11 is 11.7. The molecule has 0 aliphatic rings. The van der Waals surface area contributed by atoms with Crippen LogP contribution in [0, 0.1) is 0 Å². The van der Waals surface area contributed by atoms with Gasteiger partial charge in [0, 0.05) is 5.02 Å². The lowest BCUT2D eigenvalue weighted by Gasteiger charge is -1.97. The van der Waals surface area contributed by atoms with E-state index in [1.54, 1.807) is 18.2 Å². The van der Waals surface area contributed by atoms with Crippen molar-refractivity contribution < 1.29 is 0 Å². The molecule has 0 saturated heterocycles. The van der Waals surface area contributed by atoms with Gasteiger partial charge in [-0.25, -0.2) is 0 Å². The zero-order valence-corrected chi connectivity index (χ0v) is 9.78. The van der Waals surface area contributed by atoms with Gasteiger partial charge >= 0.3 is 0 Å². The van der Waals surface area contributed by atoms with E-state index in [-0.39, 0.29) is 0 Å². The molecule has 4 heteroatoms. The first-order chi connectivity index (χ1) is 7.75. The molecule has 0 N–H and O–H groups in total. The van der Waals surface area contributed by atoms with E-state index in [4.69, 9.17) is 23.2 Å². The molecule has 0 aromatic heterocycles. The molecule has 0 atom stereocenters. The van der Waals surface area contributed by atoms with Crippen LogP contribution in [0.5, 0.6) is 0 Å². The Bertz CT molecular complexity index is 510. The molecule has 0 aliphatic carbocycles. The fourth-order valence-electron chi connectivity index (χ4n) is 1.17. The largest absolute Gasteiger partial charge is 0.151 e. The van der Waals surface area contributed by atoms with Crippen molar-refractivity contribution in [1.29, 1.82) is 0 Å². The van der Waals surface area contributed by atoms with Crippen molar-refractivity contribution in [2.75, 3.05) is 0 Å². The first kappa shape index (κ1) is 11.1. The molecule has 0 fully saturated rings. The van der Waals surface area contributed by atoms with Crippen molar-refractivity contribution in [1.82, 2.24) is 0 Å². The molecule has 0 aliphatic heterocycles. The number of hydrogen-bond acceptors (Lipinski definition) is 2. The maximum Gasteiger partial charge on any atom is 0.104 e. The standard InChI is InChI=1S/C12H8Cl2N2/c13-9-6-7-12(11(14)8-9)16-15-10-4-2-1-3-5-10/h1-8H/b16-15+. The Balaban J connectivity index is 2.24. The van der Waals surface area contributed by atoms with Crippen molar-refractivity contribution in [3.05, 3.63) is 58.6 Å². The summed E-state index contributed by atoms with van der Waals surface area (Å²) in [6.07, 6.45) is 0. The van der Waals surface area contributed by atoms with E-state index in [0.717, 1.165) is 5.69 Å². The highest BCUT2D eigenvalue weighted by Gasteiger charge is 1.99. The molecular formula is C12H8Cl2N2. The molecule has 2 rings (SSSR count). The summed E-state index contributed by atoms with van der Waals surface area (Å²) in [6.45, 7) is 0. The van der Waals surface area contributed by atoms with Gasteiger partial charge in [-0.1, -0.05) is 41.4 Å². The van der Waals surface area contributed by atoms with Crippen LogP contribution in [0.15, 0.2) is 58.8 Å². The third-order valence-electron chi connectivity index (χ3n) is 1.94.